The molecule has 14 heavy (non-hydrogen) atoms. The second-order valence-electron chi connectivity index (χ2n) is 2.68. The molecule has 0 aliphatic carbocycles. The Morgan fingerprint density at radius 1 is 1.29 bits per heavy atom. The minimum atomic E-state index is 0.120. The number of nitrogens with one attached hydrogen (secondary N) is 1. The third-order valence-corrected chi connectivity index (χ3v) is 2.18. The van der Waals surface area contributed by atoms with E-state index in [1.165, 1.54) is 0 Å². The number of hydrogen-bond donors (Lipinski definition) is 1. The van der Waals surface area contributed by atoms with E-state index in [0.717, 1.165) is 5.69 Å². The molecule has 2 heterocycles. The van der Waals surface area contributed by atoms with Gasteiger partial charge in [-0.2, -0.15) is 5.10 Å². The van der Waals surface area contributed by atoms with E-state index in [0.29, 0.717) is 17.5 Å². The molecule has 0 amide bonds. The summed E-state index contributed by atoms with van der Waals surface area (Å²) in [5.41, 5.74) is 2.02. The number of H-pyrrole nitrogens is 1. The molecule has 0 aliphatic heterocycles. The first-order valence-corrected chi connectivity index (χ1v) is 4.65. The molecule has 1 N–H and O–H groups in total. The molecule has 72 valence electrons. The van der Waals surface area contributed by atoms with Gasteiger partial charge in [0.25, 0.3) is 0 Å². The lowest BCUT2D eigenvalue weighted by atomic mass is 10.3. The average molecular weight is 229 g/mol. The van der Waals surface area contributed by atoms with Crippen molar-refractivity contribution in [1.82, 2.24) is 20.2 Å². The Bertz CT molecular complexity index is 491. The maximum Gasteiger partial charge on any atom is 0.224 e. The van der Waals surface area contributed by atoms with Crippen LogP contribution in [0.5, 0.6) is 0 Å². The molecule has 0 fully saturated rings. The van der Waals surface area contributed by atoms with Gasteiger partial charge in [-0.25, -0.2) is 9.97 Å². The first-order chi connectivity index (χ1) is 6.72. The molecule has 6 heteroatoms. The van der Waals surface area contributed by atoms with Crippen molar-refractivity contribution in [3.63, 3.8) is 0 Å². The number of allylic oxidation sites excluding steroid dienone is 1. The zero-order valence-corrected chi connectivity index (χ0v) is 8.60. The summed E-state index contributed by atoms with van der Waals surface area (Å²) in [7, 11) is 0. The lowest BCUT2D eigenvalue weighted by molar-refractivity contribution is 1.03. The zero-order valence-electron chi connectivity index (χ0n) is 7.09. The van der Waals surface area contributed by atoms with Gasteiger partial charge in [0, 0.05) is 6.42 Å². The van der Waals surface area contributed by atoms with Gasteiger partial charge < -0.3 is 0 Å². The molecule has 0 radical (unpaired) electrons. The summed E-state index contributed by atoms with van der Waals surface area (Å²) in [5.74, 6) is 0. The first-order valence-electron chi connectivity index (χ1n) is 3.89. The van der Waals surface area contributed by atoms with Crippen molar-refractivity contribution in [2.45, 2.75) is 6.42 Å². The lowest BCUT2D eigenvalue weighted by Crippen LogP contribution is -1.87. The van der Waals surface area contributed by atoms with E-state index in [2.05, 4.69) is 26.7 Å². The van der Waals surface area contributed by atoms with Crippen LogP contribution in [0, 0.1) is 0 Å². The molecule has 0 aliphatic rings. The number of hydrogen-bond acceptors (Lipinski definition) is 3. The van der Waals surface area contributed by atoms with Crippen LogP contribution in [0.3, 0.4) is 0 Å². The Morgan fingerprint density at radius 2 is 2.07 bits per heavy atom. The van der Waals surface area contributed by atoms with Crippen molar-refractivity contribution in [2.75, 3.05) is 0 Å². The monoisotopic (exact) mass is 228 g/mol. The Balaban J connectivity index is 2.71. The number of rotatable bonds is 2. The fourth-order valence-electron chi connectivity index (χ4n) is 1.17. The highest BCUT2D eigenvalue weighted by Crippen LogP contribution is 2.22. The summed E-state index contributed by atoms with van der Waals surface area (Å²) in [4.78, 5) is 7.83. The molecule has 0 aromatic carbocycles. The molecule has 0 unspecified atom stereocenters. The van der Waals surface area contributed by atoms with Crippen LogP contribution in [-0.4, -0.2) is 20.2 Å². The Morgan fingerprint density at radius 3 is 2.79 bits per heavy atom. The van der Waals surface area contributed by atoms with E-state index in [1.807, 2.05) is 0 Å². The standard InChI is InChI=1S/C8H6Cl2N4/c1-2-3-4-5-6(14-13-4)7(9)12-8(10)11-5/h2H,1,3H2,(H,13,14). The highest BCUT2D eigenvalue weighted by molar-refractivity contribution is 6.35. The van der Waals surface area contributed by atoms with Crippen LogP contribution in [-0.2, 0) is 6.42 Å². The third kappa shape index (κ3) is 1.47. The molecule has 2 aromatic rings. The van der Waals surface area contributed by atoms with Gasteiger partial charge in [-0.1, -0.05) is 17.7 Å². The Kier molecular flexibility index (Phi) is 2.39. The molecular weight excluding hydrogens is 223 g/mol. The summed E-state index contributed by atoms with van der Waals surface area (Å²) < 4.78 is 0. The fraction of sp³-hybridized carbons (Fsp3) is 0.125. The third-order valence-electron chi connectivity index (χ3n) is 1.75. The maximum atomic E-state index is 5.83. The van der Waals surface area contributed by atoms with E-state index in [9.17, 15) is 0 Å². The van der Waals surface area contributed by atoms with E-state index in [4.69, 9.17) is 23.2 Å². The van der Waals surface area contributed by atoms with Crippen LogP contribution in [0.2, 0.25) is 10.4 Å². The summed E-state index contributed by atoms with van der Waals surface area (Å²) in [6.07, 6.45) is 2.39. The molecule has 2 aromatic heterocycles. The lowest BCUT2D eigenvalue weighted by Gasteiger charge is -1.94. The summed E-state index contributed by atoms with van der Waals surface area (Å²) >= 11 is 11.5. The van der Waals surface area contributed by atoms with Crippen LogP contribution in [0.1, 0.15) is 5.69 Å². The minimum absolute atomic E-state index is 0.120. The summed E-state index contributed by atoms with van der Waals surface area (Å²) in [5, 5.41) is 7.18. The topological polar surface area (TPSA) is 54.5 Å². The van der Waals surface area contributed by atoms with Gasteiger partial charge >= 0.3 is 0 Å². The van der Waals surface area contributed by atoms with Gasteiger partial charge in [0.2, 0.25) is 5.28 Å². The summed E-state index contributed by atoms with van der Waals surface area (Å²) in [6.45, 7) is 3.63. The molecule has 0 atom stereocenters. The van der Waals surface area contributed by atoms with E-state index in [1.54, 1.807) is 6.08 Å². The van der Waals surface area contributed by atoms with Crippen molar-refractivity contribution in [1.29, 1.82) is 0 Å². The highest BCUT2D eigenvalue weighted by atomic mass is 35.5. The van der Waals surface area contributed by atoms with Crippen molar-refractivity contribution in [3.8, 4) is 0 Å². The molecule has 0 saturated heterocycles. The fourth-order valence-corrected chi connectivity index (χ4v) is 1.60. The smallest absolute Gasteiger partial charge is 0.224 e. The number of halogens is 2. The van der Waals surface area contributed by atoms with Gasteiger partial charge in [-0.3, -0.25) is 5.10 Å². The van der Waals surface area contributed by atoms with Crippen molar-refractivity contribution in [2.24, 2.45) is 0 Å². The van der Waals surface area contributed by atoms with Crippen molar-refractivity contribution < 1.29 is 0 Å². The SMILES string of the molecule is C=CCc1[nH]nc2c(Cl)nc(Cl)nc12. The molecule has 0 spiro atoms. The predicted molar refractivity (Wildman–Crippen MR) is 55.6 cm³/mol. The van der Waals surface area contributed by atoms with Gasteiger partial charge in [-0.05, 0) is 11.6 Å². The average Bonchev–Trinajstić information content (AvgIpc) is 2.49. The van der Waals surface area contributed by atoms with Gasteiger partial charge in [0.15, 0.2) is 5.15 Å². The number of fused-ring (bicyclic) bond motifs is 1. The van der Waals surface area contributed by atoms with Gasteiger partial charge in [0.05, 0.1) is 5.69 Å². The van der Waals surface area contributed by atoms with Crippen LogP contribution < -0.4 is 0 Å². The zero-order chi connectivity index (χ0) is 10.1. The van der Waals surface area contributed by atoms with Gasteiger partial charge in [0.1, 0.15) is 11.0 Å². The second kappa shape index (κ2) is 3.55. The highest BCUT2D eigenvalue weighted by Gasteiger charge is 2.11. The molecule has 0 bridgehead atoms. The van der Waals surface area contributed by atoms with Crippen LogP contribution in [0.4, 0.5) is 0 Å². The van der Waals surface area contributed by atoms with E-state index < -0.39 is 0 Å². The number of aromatic nitrogens is 4. The predicted octanol–water partition coefficient (Wildman–Crippen LogP) is 2.39. The largest absolute Gasteiger partial charge is 0.279 e. The van der Waals surface area contributed by atoms with E-state index >= 15 is 0 Å². The molecule has 2 rings (SSSR count). The van der Waals surface area contributed by atoms with Crippen molar-refractivity contribution >= 4 is 34.2 Å². The molecule has 0 saturated carbocycles. The Labute approximate surface area is 90.0 Å². The molecule has 4 nitrogen and oxygen atoms in total. The summed E-state index contributed by atoms with van der Waals surface area (Å²) in [6, 6.07) is 0. The quantitative estimate of drug-likeness (QED) is 0.488. The van der Waals surface area contributed by atoms with Crippen molar-refractivity contribution in [3.05, 3.63) is 28.8 Å². The van der Waals surface area contributed by atoms with E-state index in [-0.39, 0.29) is 10.4 Å². The molecular formula is C8H6Cl2N4. The normalized spacial score (nSPS) is 10.7. The number of nitrogens with zero attached hydrogens (tertiary/aromatic N) is 3. The Hall–Kier alpha value is -1.13. The minimum Gasteiger partial charge on any atom is -0.279 e. The second-order valence-corrected chi connectivity index (χ2v) is 3.37. The van der Waals surface area contributed by atoms with Crippen LogP contribution in [0.15, 0.2) is 12.7 Å². The van der Waals surface area contributed by atoms with Gasteiger partial charge in [-0.15, -0.1) is 6.58 Å². The van der Waals surface area contributed by atoms with Crippen LogP contribution in [0.25, 0.3) is 11.0 Å². The first kappa shape index (κ1) is 9.43. The number of aromatic amines is 1. The maximum absolute atomic E-state index is 5.83. The van der Waals surface area contributed by atoms with Crippen LogP contribution >= 0.6 is 23.2 Å².